The molecular weight excluding hydrogens is 378 g/mol. The fourth-order valence-electron chi connectivity index (χ4n) is 3.05. The molecule has 2 rings (SSSR count). The normalized spacial score (nSPS) is 16.1. The molecule has 0 atom stereocenters. The highest BCUT2D eigenvalue weighted by atomic mass is 32.2. The Hall–Kier alpha value is -2.53. The van der Waals surface area contributed by atoms with E-state index in [1.807, 2.05) is 0 Å². The Labute approximate surface area is 156 Å². The number of rotatable bonds is 6. The van der Waals surface area contributed by atoms with Crippen molar-refractivity contribution in [1.29, 1.82) is 0 Å². The van der Waals surface area contributed by atoms with Crippen LogP contribution in [0.2, 0.25) is 0 Å². The number of likely N-dealkylation sites (N-methyl/N-ethyl adjacent to an activating group) is 1. The highest BCUT2D eigenvalue weighted by Gasteiger charge is 2.34. The quantitative estimate of drug-likeness (QED) is 0.552. The van der Waals surface area contributed by atoms with Gasteiger partial charge in [-0.1, -0.05) is 6.07 Å². The van der Waals surface area contributed by atoms with Gasteiger partial charge in [0.05, 0.1) is 9.82 Å². The number of carbonyl (C=O) groups excluding carboxylic acids is 1. The van der Waals surface area contributed by atoms with Gasteiger partial charge >= 0.3 is 5.97 Å². The van der Waals surface area contributed by atoms with Crippen LogP contribution in [-0.2, 0) is 19.6 Å². The van der Waals surface area contributed by atoms with Crippen LogP contribution in [0.5, 0.6) is 0 Å². The smallest absolute Gasteiger partial charge is 0.323 e. The number of carbonyl (C=O) groups is 2. The van der Waals surface area contributed by atoms with Crippen molar-refractivity contribution in [2.45, 2.75) is 24.7 Å². The summed E-state index contributed by atoms with van der Waals surface area (Å²) in [7, 11) is -2.53. The third-order valence-corrected chi connectivity index (χ3v) is 6.59. The van der Waals surface area contributed by atoms with Gasteiger partial charge in [0.2, 0.25) is 15.9 Å². The number of piperidine rings is 1. The summed E-state index contributed by atoms with van der Waals surface area (Å²) in [5.41, 5.74) is 0.0968. The molecule has 1 N–H and O–H groups in total. The van der Waals surface area contributed by atoms with Gasteiger partial charge in [0.1, 0.15) is 6.54 Å². The molecule has 1 fully saturated rings. The van der Waals surface area contributed by atoms with Crippen molar-refractivity contribution >= 4 is 27.6 Å². The van der Waals surface area contributed by atoms with Gasteiger partial charge in [-0.2, -0.15) is 4.31 Å². The zero-order valence-electron chi connectivity index (χ0n) is 15.0. The van der Waals surface area contributed by atoms with Gasteiger partial charge in [0.15, 0.2) is 0 Å². The molecule has 1 aliphatic heterocycles. The Balaban J connectivity index is 2.13. The average molecular weight is 399 g/mol. The van der Waals surface area contributed by atoms with Crippen LogP contribution in [0.1, 0.15) is 18.4 Å². The van der Waals surface area contributed by atoms with E-state index in [1.165, 1.54) is 23.5 Å². The molecule has 0 unspecified atom stereocenters. The maximum atomic E-state index is 12.9. The first-order valence-corrected chi connectivity index (χ1v) is 9.70. The molecule has 1 aliphatic rings. The summed E-state index contributed by atoms with van der Waals surface area (Å²) in [5, 5.41) is 19.7. The van der Waals surface area contributed by atoms with Crippen LogP contribution < -0.4 is 0 Å². The van der Waals surface area contributed by atoms with E-state index in [-0.39, 0.29) is 42.4 Å². The van der Waals surface area contributed by atoms with Crippen molar-refractivity contribution < 1.29 is 28.0 Å². The Morgan fingerprint density at radius 2 is 1.93 bits per heavy atom. The summed E-state index contributed by atoms with van der Waals surface area (Å²) in [6.07, 6.45) is 0.520. The van der Waals surface area contributed by atoms with E-state index >= 15 is 0 Å². The van der Waals surface area contributed by atoms with Crippen molar-refractivity contribution in [3.63, 3.8) is 0 Å². The summed E-state index contributed by atoms with van der Waals surface area (Å²) < 4.78 is 26.9. The predicted octanol–water partition coefficient (Wildman–Crippen LogP) is 0.847. The third kappa shape index (κ3) is 4.61. The van der Waals surface area contributed by atoms with Gasteiger partial charge in [-0.15, -0.1) is 0 Å². The number of nitro benzene ring substituents is 1. The number of sulfonamides is 1. The number of non-ortho nitro benzene ring substituents is 1. The highest BCUT2D eigenvalue weighted by Crippen LogP contribution is 2.28. The molecule has 0 bridgehead atoms. The minimum absolute atomic E-state index is 0.0851. The summed E-state index contributed by atoms with van der Waals surface area (Å²) in [4.78, 5) is 34.2. The third-order valence-electron chi connectivity index (χ3n) is 4.55. The van der Waals surface area contributed by atoms with Crippen molar-refractivity contribution in [2.75, 3.05) is 26.7 Å². The van der Waals surface area contributed by atoms with Gasteiger partial charge in [0.25, 0.3) is 5.69 Å². The fraction of sp³-hybridized carbons (Fsp3) is 0.500. The molecule has 1 heterocycles. The van der Waals surface area contributed by atoms with E-state index in [0.717, 1.165) is 11.0 Å². The number of hydrogen-bond acceptors (Lipinski definition) is 6. The minimum Gasteiger partial charge on any atom is -0.480 e. The van der Waals surface area contributed by atoms with Crippen LogP contribution >= 0.6 is 0 Å². The standard InChI is InChI=1S/C16H21N3O7S/c1-11-3-4-13(19(23)24)9-14(11)27(25,26)18-7-5-12(6-8-18)16(22)17(2)10-15(20)21/h3-4,9,12H,5-8,10H2,1-2H3,(H,20,21). The van der Waals surface area contributed by atoms with Crippen molar-refractivity contribution in [3.05, 3.63) is 33.9 Å². The molecule has 1 aromatic carbocycles. The zero-order valence-corrected chi connectivity index (χ0v) is 15.8. The van der Waals surface area contributed by atoms with Crippen molar-refractivity contribution in [3.8, 4) is 0 Å². The second kappa shape index (κ2) is 8.01. The fourth-order valence-corrected chi connectivity index (χ4v) is 4.77. The second-order valence-electron chi connectivity index (χ2n) is 6.47. The lowest BCUT2D eigenvalue weighted by molar-refractivity contribution is -0.385. The summed E-state index contributed by atoms with van der Waals surface area (Å²) >= 11 is 0. The van der Waals surface area contributed by atoms with Gasteiger partial charge in [0, 0.05) is 38.2 Å². The van der Waals surface area contributed by atoms with Crippen LogP contribution in [0.3, 0.4) is 0 Å². The van der Waals surface area contributed by atoms with E-state index in [9.17, 15) is 28.1 Å². The predicted molar refractivity (Wildman–Crippen MR) is 94.6 cm³/mol. The molecule has 1 saturated heterocycles. The molecule has 27 heavy (non-hydrogen) atoms. The van der Waals surface area contributed by atoms with Gasteiger partial charge < -0.3 is 10.0 Å². The molecule has 148 valence electrons. The second-order valence-corrected chi connectivity index (χ2v) is 8.38. The van der Waals surface area contributed by atoms with Crippen LogP contribution in [-0.4, -0.2) is 66.2 Å². The molecule has 0 saturated carbocycles. The number of carboxylic acid groups (broad SMARTS) is 1. The van der Waals surface area contributed by atoms with Crippen LogP contribution in [0.25, 0.3) is 0 Å². The number of nitro groups is 1. The Morgan fingerprint density at radius 3 is 2.44 bits per heavy atom. The van der Waals surface area contributed by atoms with Crippen LogP contribution in [0.15, 0.2) is 23.1 Å². The topological polar surface area (TPSA) is 138 Å². The van der Waals surface area contributed by atoms with Crippen molar-refractivity contribution in [2.24, 2.45) is 5.92 Å². The van der Waals surface area contributed by atoms with E-state index in [2.05, 4.69) is 0 Å². The Kier molecular flexibility index (Phi) is 6.16. The van der Waals surface area contributed by atoms with E-state index in [0.29, 0.717) is 5.56 Å². The maximum absolute atomic E-state index is 12.9. The lowest BCUT2D eigenvalue weighted by Gasteiger charge is -2.32. The number of carboxylic acids is 1. The van der Waals surface area contributed by atoms with Gasteiger partial charge in [-0.05, 0) is 25.3 Å². The Bertz CT molecular complexity index is 861. The summed E-state index contributed by atoms with van der Waals surface area (Å²) in [5.74, 6) is -1.90. The number of aliphatic carboxylic acids is 1. The first-order chi connectivity index (χ1) is 12.5. The first-order valence-electron chi connectivity index (χ1n) is 8.26. The van der Waals surface area contributed by atoms with E-state index in [4.69, 9.17) is 5.11 Å². The molecule has 0 spiro atoms. The van der Waals surface area contributed by atoms with Crippen LogP contribution in [0, 0.1) is 23.0 Å². The monoisotopic (exact) mass is 399 g/mol. The minimum atomic E-state index is -3.93. The van der Waals surface area contributed by atoms with Gasteiger partial charge in [-0.3, -0.25) is 19.7 Å². The number of benzene rings is 1. The Morgan fingerprint density at radius 1 is 1.33 bits per heavy atom. The molecule has 1 aromatic rings. The number of aryl methyl sites for hydroxylation is 1. The van der Waals surface area contributed by atoms with E-state index < -0.39 is 33.4 Å². The van der Waals surface area contributed by atoms with Crippen molar-refractivity contribution in [1.82, 2.24) is 9.21 Å². The lowest BCUT2D eigenvalue weighted by atomic mass is 9.97. The van der Waals surface area contributed by atoms with Crippen LogP contribution in [0.4, 0.5) is 5.69 Å². The SMILES string of the molecule is Cc1ccc([N+](=O)[O-])cc1S(=O)(=O)N1CCC(C(=O)N(C)CC(=O)O)CC1. The lowest BCUT2D eigenvalue weighted by Crippen LogP contribution is -2.44. The largest absolute Gasteiger partial charge is 0.480 e. The van der Waals surface area contributed by atoms with E-state index in [1.54, 1.807) is 6.92 Å². The highest BCUT2D eigenvalue weighted by molar-refractivity contribution is 7.89. The molecule has 0 aliphatic carbocycles. The molecule has 10 nitrogen and oxygen atoms in total. The summed E-state index contributed by atoms with van der Waals surface area (Å²) in [6.45, 7) is 1.32. The molecule has 0 radical (unpaired) electrons. The number of amides is 1. The zero-order chi connectivity index (χ0) is 20.4. The number of nitrogens with zero attached hydrogens (tertiary/aromatic N) is 3. The average Bonchev–Trinajstić information content (AvgIpc) is 2.60. The van der Waals surface area contributed by atoms with Gasteiger partial charge in [-0.25, -0.2) is 8.42 Å². The molecule has 0 aromatic heterocycles. The first kappa shape index (κ1) is 20.8. The molecule has 1 amide bonds. The molecule has 11 heteroatoms. The molecular formula is C16H21N3O7S. The maximum Gasteiger partial charge on any atom is 0.323 e. The summed E-state index contributed by atoms with van der Waals surface area (Å²) in [6, 6.07) is 3.68. The number of hydrogen-bond donors (Lipinski definition) is 1.